The van der Waals surface area contributed by atoms with Gasteiger partial charge in [-0.05, 0) is 20.8 Å². The van der Waals surface area contributed by atoms with E-state index in [0.29, 0.717) is 18.0 Å². The molecule has 0 amide bonds. The zero-order chi connectivity index (χ0) is 14.7. The average Bonchev–Trinajstić information content (AvgIpc) is 2.97. The van der Waals surface area contributed by atoms with Gasteiger partial charge in [0.25, 0.3) is 0 Å². The number of esters is 1. The van der Waals surface area contributed by atoms with E-state index < -0.39 is 5.97 Å². The number of ether oxygens (including phenoxy) is 1. The van der Waals surface area contributed by atoms with Crippen LogP contribution >= 0.6 is 0 Å². The SMILES string of the molecule is CCOC(=O)c1nnn(Cc2c(C)noc2C)c1CN. The van der Waals surface area contributed by atoms with Crippen LogP contribution in [0.5, 0.6) is 0 Å². The van der Waals surface area contributed by atoms with Gasteiger partial charge in [0.2, 0.25) is 0 Å². The summed E-state index contributed by atoms with van der Waals surface area (Å²) in [7, 11) is 0. The molecule has 8 nitrogen and oxygen atoms in total. The minimum atomic E-state index is -0.516. The molecule has 2 aromatic heterocycles. The van der Waals surface area contributed by atoms with Crippen molar-refractivity contribution in [2.45, 2.75) is 33.9 Å². The van der Waals surface area contributed by atoms with Crippen molar-refractivity contribution in [3.05, 3.63) is 28.4 Å². The van der Waals surface area contributed by atoms with Crippen LogP contribution in [0.1, 0.15) is 40.1 Å². The standard InChI is InChI=1S/C12H17N5O3/c1-4-19-12(18)11-10(5-13)17(16-14-11)6-9-7(2)15-20-8(9)3/h4-6,13H2,1-3H3. The molecule has 0 aliphatic rings. The molecule has 20 heavy (non-hydrogen) atoms. The molecule has 0 unspecified atom stereocenters. The maximum absolute atomic E-state index is 11.7. The van der Waals surface area contributed by atoms with E-state index in [-0.39, 0.29) is 18.8 Å². The Hall–Kier alpha value is -2.22. The molecule has 2 heterocycles. The number of carbonyl (C=O) groups is 1. The summed E-state index contributed by atoms with van der Waals surface area (Å²) >= 11 is 0. The molecule has 0 bridgehead atoms. The molecule has 2 aromatic rings. The number of hydrogen-bond acceptors (Lipinski definition) is 7. The van der Waals surface area contributed by atoms with E-state index in [1.54, 1.807) is 11.6 Å². The summed E-state index contributed by atoms with van der Waals surface area (Å²) < 4.78 is 11.6. The highest BCUT2D eigenvalue weighted by Gasteiger charge is 2.21. The van der Waals surface area contributed by atoms with Crippen LogP contribution in [0, 0.1) is 13.8 Å². The normalized spacial score (nSPS) is 10.8. The number of nitrogens with two attached hydrogens (primary N) is 1. The molecular weight excluding hydrogens is 262 g/mol. The molecular formula is C12H17N5O3. The maximum Gasteiger partial charge on any atom is 0.360 e. The Morgan fingerprint density at radius 1 is 1.45 bits per heavy atom. The third kappa shape index (κ3) is 2.55. The molecule has 108 valence electrons. The fourth-order valence-corrected chi connectivity index (χ4v) is 1.90. The Morgan fingerprint density at radius 2 is 2.20 bits per heavy atom. The first-order chi connectivity index (χ1) is 9.58. The molecule has 0 aliphatic heterocycles. The van der Waals surface area contributed by atoms with Gasteiger partial charge >= 0.3 is 5.97 Å². The summed E-state index contributed by atoms with van der Waals surface area (Å²) in [6.07, 6.45) is 0. The van der Waals surface area contributed by atoms with Gasteiger partial charge in [-0.1, -0.05) is 10.4 Å². The first kappa shape index (κ1) is 14.2. The number of rotatable bonds is 5. The monoisotopic (exact) mass is 279 g/mol. The molecule has 0 radical (unpaired) electrons. The van der Waals surface area contributed by atoms with E-state index in [1.807, 2.05) is 13.8 Å². The number of aryl methyl sites for hydroxylation is 2. The van der Waals surface area contributed by atoms with Crippen LogP contribution in [-0.4, -0.2) is 32.7 Å². The van der Waals surface area contributed by atoms with Crippen molar-refractivity contribution >= 4 is 5.97 Å². The Morgan fingerprint density at radius 3 is 2.75 bits per heavy atom. The maximum atomic E-state index is 11.7. The summed E-state index contributed by atoms with van der Waals surface area (Å²) in [5, 5.41) is 11.7. The van der Waals surface area contributed by atoms with Crippen LogP contribution < -0.4 is 5.73 Å². The zero-order valence-corrected chi connectivity index (χ0v) is 11.7. The highest BCUT2D eigenvalue weighted by molar-refractivity contribution is 5.88. The van der Waals surface area contributed by atoms with Crippen LogP contribution in [0.3, 0.4) is 0 Å². The van der Waals surface area contributed by atoms with E-state index in [9.17, 15) is 4.79 Å². The smallest absolute Gasteiger partial charge is 0.360 e. The zero-order valence-electron chi connectivity index (χ0n) is 11.7. The molecule has 0 saturated carbocycles. The molecule has 8 heteroatoms. The van der Waals surface area contributed by atoms with Gasteiger partial charge in [-0.3, -0.25) is 0 Å². The summed E-state index contributed by atoms with van der Waals surface area (Å²) in [6.45, 7) is 6.22. The van der Waals surface area contributed by atoms with Crippen LogP contribution in [0.15, 0.2) is 4.52 Å². The van der Waals surface area contributed by atoms with E-state index in [0.717, 1.165) is 11.3 Å². The van der Waals surface area contributed by atoms with Crippen LogP contribution in [0.25, 0.3) is 0 Å². The largest absolute Gasteiger partial charge is 0.461 e. The summed E-state index contributed by atoms with van der Waals surface area (Å²) in [4.78, 5) is 11.7. The van der Waals surface area contributed by atoms with Crippen molar-refractivity contribution in [2.24, 2.45) is 5.73 Å². The van der Waals surface area contributed by atoms with Crippen LogP contribution in [0.4, 0.5) is 0 Å². The Balaban J connectivity index is 2.32. The van der Waals surface area contributed by atoms with Gasteiger partial charge in [0.1, 0.15) is 5.76 Å². The molecule has 0 spiro atoms. The van der Waals surface area contributed by atoms with Gasteiger partial charge in [-0.15, -0.1) is 5.10 Å². The molecule has 0 fully saturated rings. The first-order valence-corrected chi connectivity index (χ1v) is 6.29. The quantitative estimate of drug-likeness (QED) is 0.796. The number of hydrogen-bond donors (Lipinski definition) is 1. The van der Waals surface area contributed by atoms with E-state index in [4.69, 9.17) is 15.0 Å². The molecule has 2 N–H and O–H groups in total. The fourth-order valence-electron chi connectivity index (χ4n) is 1.90. The van der Waals surface area contributed by atoms with Gasteiger partial charge in [0, 0.05) is 12.1 Å². The first-order valence-electron chi connectivity index (χ1n) is 6.29. The van der Waals surface area contributed by atoms with Crippen molar-refractivity contribution in [3.63, 3.8) is 0 Å². The topological polar surface area (TPSA) is 109 Å². The lowest BCUT2D eigenvalue weighted by atomic mass is 10.2. The second-order valence-corrected chi connectivity index (χ2v) is 4.27. The van der Waals surface area contributed by atoms with Gasteiger partial charge in [-0.25, -0.2) is 9.48 Å². The summed E-state index contributed by atoms with van der Waals surface area (Å²) in [5.41, 5.74) is 8.05. The molecule has 2 rings (SSSR count). The second-order valence-electron chi connectivity index (χ2n) is 4.27. The van der Waals surface area contributed by atoms with Gasteiger partial charge < -0.3 is 15.0 Å². The van der Waals surface area contributed by atoms with Crippen molar-refractivity contribution in [1.29, 1.82) is 0 Å². The fraction of sp³-hybridized carbons (Fsp3) is 0.500. The van der Waals surface area contributed by atoms with E-state index in [1.165, 1.54) is 0 Å². The van der Waals surface area contributed by atoms with Crippen molar-refractivity contribution < 1.29 is 14.1 Å². The lowest BCUT2D eigenvalue weighted by Gasteiger charge is -2.05. The lowest BCUT2D eigenvalue weighted by molar-refractivity contribution is 0.0518. The van der Waals surface area contributed by atoms with Crippen molar-refractivity contribution in [1.82, 2.24) is 20.2 Å². The highest BCUT2D eigenvalue weighted by Crippen LogP contribution is 2.15. The Kier molecular flexibility index (Phi) is 4.14. The predicted molar refractivity (Wildman–Crippen MR) is 68.9 cm³/mol. The van der Waals surface area contributed by atoms with Gasteiger partial charge in [-0.2, -0.15) is 0 Å². The van der Waals surface area contributed by atoms with E-state index in [2.05, 4.69) is 15.5 Å². The third-order valence-corrected chi connectivity index (χ3v) is 2.99. The second kappa shape index (κ2) is 5.83. The number of carbonyl (C=O) groups excluding carboxylic acids is 1. The summed E-state index contributed by atoms with van der Waals surface area (Å²) in [6, 6.07) is 0. The van der Waals surface area contributed by atoms with Crippen molar-refractivity contribution in [3.8, 4) is 0 Å². The van der Waals surface area contributed by atoms with E-state index >= 15 is 0 Å². The predicted octanol–water partition coefficient (Wildman–Crippen LogP) is 0.567. The van der Waals surface area contributed by atoms with Crippen LogP contribution in [0.2, 0.25) is 0 Å². The Labute approximate surface area is 115 Å². The molecule has 0 aliphatic carbocycles. The lowest BCUT2D eigenvalue weighted by Crippen LogP contribution is -2.15. The third-order valence-electron chi connectivity index (χ3n) is 2.99. The molecule has 0 atom stereocenters. The molecule has 0 aromatic carbocycles. The average molecular weight is 279 g/mol. The molecule has 0 saturated heterocycles. The minimum Gasteiger partial charge on any atom is -0.461 e. The van der Waals surface area contributed by atoms with Crippen molar-refractivity contribution in [2.75, 3.05) is 6.61 Å². The van der Waals surface area contributed by atoms with Gasteiger partial charge in [0.05, 0.1) is 24.5 Å². The minimum absolute atomic E-state index is 0.143. The van der Waals surface area contributed by atoms with Gasteiger partial charge in [0.15, 0.2) is 5.69 Å². The Bertz CT molecular complexity index is 597. The summed E-state index contributed by atoms with van der Waals surface area (Å²) in [5.74, 6) is 0.191. The number of nitrogens with zero attached hydrogens (tertiary/aromatic N) is 4. The van der Waals surface area contributed by atoms with Crippen LogP contribution in [-0.2, 0) is 17.8 Å². The number of aromatic nitrogens is 4. The highest BCUT2D eigenvalue weighted by atomic mass is 16.5.